The molecule has 2 N–H and O–H groups in total. The molecule has 0 fully saturated rings. The topological polar surface area (TPSA) is 35.2 Å². The van der Waals surface area contributed by atoms with Crippen LogP contribution in [0.15, 0.2) is 24.3 Å². The highest BCUT2D eigenvalue weighted by Crippen LogP contribution is 2.34. The highest BCUT2D eigenvalue weighted by Gasteiger charge is 2.34. The van der Waals surface area contributed by atoms with Gasteiger partial charge in [-0.2, -0.15) is 13.2 Å². The van der Waals surface area contributed by atoms with Crippen molar-refractivity contribution in [3.05, 3.63) is 35.4 Å². The smallest absolute Gasteiger partial charge is 0.374 e. The molecule has 0 heterocycles. The van der Waals surface area contributed by atoms with Gasteiger partial charge in [-0.05, 0) is 38.0 Å². The predicted molar refractivity (Wildman–Crippen MR) is 68.7 cm³/mol. The Bertz CT molecular complexity index is 419. The van der Waals surface area contributed by atoms with E-state index >= 15 is 0 Å². The molecule has 0 aliphatic rings. The van der Waals surface area contributed by atoms with Gasteiger partial charge in [0, 0.05) is 6.61 Å². The Morgan fingerprint density at radius 3 is 2.37 bits per heavy atom. The van der Waals surface area contributed by atoms with E-state index in [1.807, 2.05) is 20.8 Å². The Balaban J connectivity index is 3.09. The maximum Gasteiger partial charge on any atom is 0.416 e. The van der Waals surface area contributed by atoms with Crippen molar-refractivity contribution < 1.29 is 17.9 Å². The van der Waals surface area contributed by atoms with E-state index in [1.165, 1.54) is 6.07 Å². The van der Waals surface area contributed by atoms with Gasteiger partial charge in [0.15, 0.2) is 0 Å². The second-order valence-electron chi connectivity index (χ2n) is 4.70. The second kappa shape index (κ2) is 5.92. The number of alkyl halides is 3. The Morgan fingerprint density at radius 1 is 1.26 bits per heavy atom. The Kier molecular flexibility index (Phi) is 4.98. The Morgan fingerprint density at radius 2 is 1.89 bits per heavy atom. The normalized spacial score (nSPS) is 17.0. The van der Waals surface area contributed by atoms with Crippen LogP contribution in [0.1, 0.15) is 44.4 Å². The van der Waals surface area contributed by atoms with Crippen molar-refractivity contribution in [1.82, 2.24) is 0 Å². The first kappa shape index (κ1) is 16.0. The average Bonchev–Trinajstić information content (AvgIpc) is 2.37. The number of rotatable bonds is 5. The van der Waals surface area contributed by atoms with Crippen LogP contribution in [0, 0.1) is 0 Å². The summed E-state index contributed by atoms with van der Waals surface area (Å²) in [4.78, 5) is 0. The number of hydrogen-bond donors (Lipinski definition) is 1. The molecule has 0 aliphatic carbocycles. The second-order valence-corrected chi connectivity index (χ2v) is 4.70. The number of ether oxygens (including phenoxy) is 1. The van der Waals surface area contributed by atoms with Gasteiger partial charge in [0.1, 0.15) is 0 Å². The molecule has 0 aromatic heterocycles. The summed E-state index contributed by atoms with van der Waals surface area (Å²) < 4.78 is 43.7. The zero-order valence-electron chi connectivity index (χ0n) is 11.4. The van der Waals surface area contributed by atoms with Gasteiger partial charge in [-0.1, -0.05) is 19.1 Å². The van der Waals surface area contributed by atoms with Gasteiger partial charge in [0.2, 0.25) is 0 Å². The lowest BCUT2D eigenvalue weighted by molar-refractivity contribution is -0.137. The van der Waals surface area contributed by atoms with Crippen LogP contribution in [0.5, 0.6) is 0 Å². The van der Waals surface area contributed by atoms with Crippen molar-refractivity contribution >= 4 is 0 Å². The molecule has 2 atom stereocenters. The van der Waals surface area contributed by atoms with Crippen LogP contribution in [-0.4, -0.2) is 12.2 Å². The Hall–Kier alpha value is -1.07. The summed E-state index contributed by atoms with van der Waals surface area (Å²) in [5.74, 6) is 0. The van der Waals surface area contributed by atoms with E-state index in [1.54, 1.807) is 6.07 Å². The minimum Gasteiger partial charge on any atom is -0.374 e. The summed E-state index contributed by atoms with van der Waals surface area (Å²) in [5, 5.41) is 0. The maximum absolute atomic E-state index is 12.7. The summed E-state index contributed by atoms with van der Waals surface area (Å²) >= 11 is 0. The van der Waals surface area contributed by atoms with Crippen molar-refractivity contribution in [2.45, 2.75) is 45.0 Å². The molecule has 0 saturated carbocycles. The highest BCUT2D eigenvalue weighted by molar-refractivity contribution is 5.29. The molecular formula is C14H20F3NO. The molecule has 0 amide bonds. The van der Waals surface area contributed by atoms with E-state index in [4.69, 9.17) is 10.5 Å². The molecule has 1 rings (SSSR count). The van der Waals surface area contributed by atoms with E-state index in [9.17, 15) is 13.2 Å². The lowest BCUT2D eigenvalue weighted by Crippen LogP contribution is -2.40. The first-order chi connectivity index (χ1) is 8.74. The van der Waals surface area contributed by atoms with E-state index in [-0.39, 0.29) is 0 Å². The fraction of sp³-hybridized carbons (Fsp3) is 0.571. The van der Waals surface area contributed by atoms with Crippen LogP contribution >= 0.6 is 0 Å². The zero-order valence-corrected chi connectivity index (χ0v) is 11.4. The largest absolute Gasteiger partial charge is 0.416 e. The molecule has 108 valence electrons. The summed E-state index contributed by atoms with van der Waals surface area (Å²) in [5.41, 5.74) is 5.18. The molecule has 1 aromatic carbocycles. The van der Waals surface area contributed by atoms with Gasteiger partial charge in [-0.15, -0.1) is 0 Å². The standard InChI is InChI=1S/C14H20F3NO/c1-4-13(3,19-5-2)12(18)10-7-6-8-11(9-10)14(15,16)17/h6-9,12H,4-5,18H2,1-3H3. The number of nitrogens with two attached hydrogens (primary N) is 1. The van der Waals surface area contributed by atoms with Crippen molar-refractivity contribution in [3.8, 4) is 0 Å². The van der Waals surface area contributed by atoms with Crippen molar-refractivity contribution in [2.24, 2.45) is 5.73 Å². The van der Waals surface area contributed by atoms with Crippen LogP contribution in [0.2, 0.25) is 0 Å². The monoisotopic (exact) mass is 275 g/mol. The van der Waals surface area contributed by atoms with E-state index in [0.717, 1.165) is 12.1 Å². The van der Waals surface area contributed by atoms with Crippen LogP contribution in [0.25, 0.3) is 0 Å². The third kappa shape index (κ3) is 3.70. The molecule has 0 bridgehead atoms. The van der Waals surface area contributed by atoms with Gasteiger partial charge in [-0.3, -0.25) is 0 Å². The van der Waals surface area contributed by atoms with Crippen LogP contribution < -0.4 is 5.73 Å². The lowest BCUT2D eigenvalue weighted by Gasteiger charge is -2.34. The summed E-state index contributed by atoms with van der Waals surface area (Å²) in [7, 11) is 0. The summed E-state index contributed by atoms with van der Waals surface area (Å²) in [6.07, 6.45) is -3.73. The zero-order chi connectivity index (χ0) is 14.7. The first-order valence-corrected chi connectivity index (χ1v) is 6.31. The Labute approximate surface area is 111 Å². The quantitative estimate of drug-likeness (QED) is 0.884. The molecule has 5 heteroatoms. The molecule has 1 aromatic rings. The fourth-order valence-corrected chi connectivity index (χ4v) is 2.00. The highest BCUT2D eigenvalue weighted by atomic mass is 19.4. The van der Waals surface area contributed by atoms with Crippen molar-refractivity contribution in [3.63, 3.8) is 0 Å². The number of halogens is 3. The molecule has 2 unspecified atom stereocenters. The van der Waals surface area contributed by atoms with Gasteiger partial charge < -0.3 is 10.5 Å². The number of benzene rings is 1. The third-order valence-electron chi connectivity index (χ3n) is 3.41. The van der Waals surface area contributed by atoms with Gasteiger partial charge in [0.25, 0.3) is 0 Å². The van der Waals surface area contributed by atoms with Crippen molar-refractivity contribution in [2.75, 3.05) is 6.61 Å². The first-order valence-electron chi connectivity index (χ1n) is 6.31. The van der Waals surface area contributed by atoms with Crippen molar-refractivity contribution in [1.29, 1.82) is 0 Å². The van der Waals surface area contributed by atoms with Crippen LogP contribution in [-0.2, 0) is 10.9 Å². The average molecular weight is 275 g/mol. The van der Waals surface area contributed by atoms with E-state index in [0.29, 0.717) is 18.6 Å². The molecule has 0 saturated heterocycles. The summed E-state index contributed by atoms with van der Waals surface area (Å²) in [6, 6.07) is 4.52. The van der Waals surface area contributed by atoms with E-state index < -0.39 is 23.4 Å². The molecule has 0 radical (unpaired) electrons. The molecule has 2 nitrogen and oxygen atoms in total. The minimum absolute atomic E-state index is 0.438. The summed E-state index contributed by atoms with van der Waals surface area (Å²) in [6.45, 7) is 6.04. The van der Waals surface area contributed by atoms with Gasteiger partial charge in [-0.25, -0.2) is 0 Å². The fourth-order valence-electron chi connectivity index (χ4n) is 2.00. The van der Waals surface area contributed by atoms with Gasteiger partial charge >= 0.3 is 6.18 Å². The molecule has 19 heavy (non-hydrogen) atoms. The molecule has 0 spiro atoms. The lowest BCUT2D eigenvalue weighted by atomic mass is 9.87. The molecule has 0 aliphatic heterocycles. The maximum atomic E-state index is 12.7. The van der Waals surface area contributed by atoms with Crippen LogP contribution in [0.3, 0.4) is 0 Å². The predicted octanol–water partition coefficient (Wildman–Crippen LogP) is 3.91. The van der Waals surface area contributed by atoms with E-state index in [2.05, 4.69) is 0 Å². The van der Waals surface area contributed by atoms with Crippen LogP contribution in [0.4, 0.5) is 13.2 Å². The third-order valence-corrected chi connectivity index (χ3v) is 3.41. The number of hydrogen-bond acceptors (Lipinski definition) is 2. The molecular weight excluding hydrogens is 255 g/mol. The van der Waals surface area contributed by atoms with Gasteiger partial charge in [0.05, 0.1) is 17.2 Å². The minimum atomic E-state index is -4.36. The SMILES string of the molecule is CCOC(C)(CC)C(N)c1cccc(C(F)(F)F)c1.